The lowest BCUT2D eigenvalue weighted by Gasteiger charge is -2.38. The molecule has 1 unspecified atom stereocenters. The van der Waals surface area contributed by atoms with Gasteiger partial charge in [-0.25, -0.2) is 0 Å². The standard InChI is InChI=1S/C12H23NO3/c1-12(8-16-9-12)7-13-4-11(14)6-15-5-10-2-3-10/h10-11,13-14H,2-9H2,1H3. The fourth-order valence-electron chi connectivity index (χ4n) is 1.81. The molecule has 1 heterocycles. The molecule has 1 aliphatic heterocycles. The highest BCUT2D eigenvalue weighted by atomic mass is 16.5. The Hall–Kier alpha value is -0.160. The number of hydrogen-bond acceptors (Lipinski definition) is 4. The van der Waals surface area contributed by atoms with Crippen molar-refractivity contribution in [1.82, 2.24) is 5.32 Å². The fraction of sp³-hybridized carbons (Fsp3) is 1.00. The number of aliphatic hydroxyl groups excluding tert-OH is 1. The van der Waals surface area contributed by atoms with Gasteiger partial charge in [-0.15, -0.1) is 0 Å². The van der Waals surface area contributed by atoms with Gasteiger partial charge in [0.1, 0.15) is 0 Å². The summed E-state index contributed by atoms with van der Waals surface area (Å²) in [6.45, 7) is 6.65. The Kier molecular flexibility index (Phi) is 4.19. The molecule has 1 aliphatic carbocycles. The number of hydrogen-bond donors (Lipinski definition) is 2. The largest absolute Gasteiger partial charge is 0.389 e. The van der Waals surface area contributed by atoms with E-state index < -0.39 is 0 Å². The Labute approximate surface area is 97.3 Å². The van der Waals surface area contributed by atoms with Crippen molar-refractivity contribution in [1.29, 1.82) is 0 Å². The summed E-state index contributed by atoms with van der Waals surface area (Å²) in [6, 6.07) is 0. The van der Waals surface area contributed by atoms with Crippen LogP contribution in [0.2, 0.25) is 0 Å². The number of ether oxygens (including phenoxy) is 2. The van der Waals surface area contributed by atoms with E-state index in [9.17, 15) is 5.11 Å². The number of rotatable bonds is 8. The average Bonchev–Trinajstić information content (AvgIpc) is 2.99. The summed E-state index contributed by atoms with van der Waals surface area (Å²) in [4.78, 5) is 0. The summed E-state index contributed by atoms with van der Waals surface area (Å²) in [7, 11) is 0. The summed E-state index contributed by atoms with van der Waals surface area (Å²) in [5, 5.41) is 12.9. The van der Waals surface area contributed by atoms with Crippen molar-refractivity contribution >= 4 is 0 Å². The van der Waals surface area contributed by atoms with Gasteiger partial charge in [0.05, 0.1) is 25.9 Å². The van der Waals surface area contributed by atoms with Gasteiger partial charge in [-0.1, -0.05) is 6.92 Å². The number of nitrogens with one attached hydrogen (secondary N) is 1. The van der Waals surface area contributed by atoms with Crippen molar-refractivity contribution in [2.45, 2.75) is 25.9 Å². The van der Waals surface area contributed by atoms with Crippen molar-refractivity contribution in [3.63, 3.8) is 0 Å². The lowest BCUT2D eigenvalue weighted by molar-refractivity contribution is -0.1000. The zero-order valence-electron chi connectivity index (χ0n) is 10.1. The maximum absolute atomic E-state index is 9.65. The van der Waals surface area contributed by atoms with Gasteiger partial charge in [-0.3, -0.25) is 0 Å². The molecule has 2 N–H and O–H groups in total. The van der Waals surface area contributed by atoms with E-state index in [1.165, 1.54) is 12.8 Å². The lowest BCUT2D eigenvalue weighted by Crippen LogP contribution is -2.48. The SMILES string of the molecule is CC1(CNCC(O)COCC2CC2)COC1. The van der Waals surface area contributed by atoms with Crippen LogP contribution in [0.3, 0.4) is 0 Å². The van der Waals surface area contributed by atoms with Crippen LogP contribution in [0.4, 0.5) is 0 Å². The van der Waals surface area contributed by atoms with Gasteiger partial charge in [0, 0.05) is 25.1 Å². The lowest BCUT2D eigenvalue weighted by atomic mass is 9.89. The maximum atomic E-state index is 9.65. The first-order valence-electron chi connectivity index (χ1n) is 6.22. The Balaban J connectivity index is 1.44. The van der Waals surface area contributed by atoms with Gasteiger partial charge in [0.25, 0.3) is 0 Å². The third kappa shape index (κ3) is 4.01. The zero-order chi connectivity index (χ0) is 11.4. The van der Waals surface area contributed by atoms with Crippen LogP contribution in [-0.4, -0.2) is 50.7 Å². The van der Waals surface area contributed by atoms with Crippen molar-refractivity contribution < 1.29 is 14.6 Å². The van der Waals surface area contributed by atoms with Crippen LogP contribution < -0.4 is 5.32 Å². The topological polar surface area (TPSA) is 50.7 Å². The molecular formula is C12H23NO3. The van der Waals surface area contributed by atoms with E-state index in [4.69, 9.17) is 9.47 Å². The Morgan fingerprint density at radius 2 is 2.25 bits per heavy atom. The molecule has 0 amide bonds. The highest BCUT2D eigenvalue weighted by Crippen LogP contribution is 2.28. The summed E-state index contributed by atoms with van der Waals surface area (Å²) >= 11 is 0. The predicted octanol–water partition coefficient (Wildman–Crippen LogP) is 0.400. The maximum Gasteiger partial charge on any atom is 0.0897 e. The van der Waals surface area contributed by atoms with E-state index in [2.05, 4.69) is 12.2 Å². The van der Waals surface area contributed by atoms with Crippen LogP contribution in [0.1, 0.15) is 19.8 Å². The first-order chi connectivity index (χ1) is 7.68. The van der Waals surface area contributed by atoms with Crippen LogP contribution in [0.5, 0.6) is 0 Å². The van der Waals surface area contributed by atoms with Crippen molar-refractivity contribution in [3.8, 4) is 0 Å². The van der Waals surface area contributed by atoms with Crippen LogP contribution >= 0.6 is 0 Å². The highest BCUT2D eigenvalue weighted by Gasteiger charge is 2.32. The summed E-state index contributed by atoms with van der Waals surface area (Å²) in [5.74, 6) is 0.770. The molecule has 16 heavy (non-hydrogen) atoms. The first kappa shape index (κ1) is 12.3. The zero-order valence-corrected chi connectivity index (χ0v) is 10.1. The van der Waals surface area contributed by atoms with Gasteiger partial charge in [0.15, 0.2) is 0 Å². The summed E-state index contributed by atoms with van der Waals surface area (Å²) in [6.07, 6.45) is 2.21. The fourth-order valence-corrected chi connectivity index (χ4v) is 1.81. The van der Waals surface area contributed by atoms with Crippen molar-refractivity contribution in [3.05, 3.63) is 0 Å². The summed E-state index contributed by atoms with van der Waals surface area (Å²) in [5.41, 5.74) is 0.272. The molecule has 0 aromatic rings. The Morgan fingerprint density at radius 1 is 1.50 bits per heavy atom. The Bertz CT molecular complexity index is 214. The molecule has 4 nitrogen and oxygen atoms in total. The third-order valence-electron chi connectivity index (χ3n) is 3.19. The van der Waals surface area contributed by atoms with Crippen LogP contribution in [-0.2, 0) is 9.47 Å². The molecule has 0 radical (unpaired) electrons. The molecule has 0 aromatic heterocycles. The molecule has 94 valence electrons. The molecule has 0 bridgehead atoms. The normalized spacial score (nSPS) is 25.1. The molecule has 1 saturated heterocycles. The molecule has 0 spiro atoms. The van der Waals surface area contributed by atoms with E-state index in [1.807, 2.05) is 0 Å². The second-order valence-corrected chi connectivity index (χ2v) is 5.57. The second kappa shape index (κ2) is 5.45. The van der Waals surface area contributed by atoms with Crippen LogP contribution in [0, 0.1) is 11.3 Å². The van der Waals surface area contributed by atoms with E-state index >= 15 is 0 Å². The highest BCUT2D eigenvalue weighted by molar-refractivity contribution is 4.83. The monoisotopic (exact) mass is 229 g/mol. The van der Waals surface area contributed by atoms with E-state index in [0.717, 1.165) is 32.3 Å². The van der Waals surface area contributed by atoms with Gasteiger partial charge >= 0.3 is 0 Å². The average molecular weight is 229 g/mol. The molecule has 2 fully saturated rings. The van der Waals surface area contributed by atoms with E-state index in [-0.39, 0.29) is 11.5 Å². The van der Waals surface area contributed by atoms with E-state index in [0.29, 0.717) is 13.2 Å². The minimum Gasteiger partial charge on any atom is -0.389 e. The molecule has 1 atom stereocenters. The quantitative estimate of drug-likeness (QED) is 0.632. The smallest absolute Gasteiger partial charge is 0.0897 e. The van der Waals surface area contributed by atoms with Crippen molar-refractivity contribution in [2.75, 3.05) is 39.5 Å². The van der Waals surface area contributed by atoms with Crippen LogP contribution in [0.15, 0.2) is 0 Å². The molecular weight excluding hydrogens is 206 g/mol. The molecule has 2 aliphatic rings. The molecule has 1 saturated carbocycles. The van der Waals surface area contributed by atoms with Gasteiger partial charge in [0.2, 0.25) is 0 Å². The molecule has 2 rings (SSSR count). The van der Waals surface area contributed by atoms with Crippen LogP contribution in [0.25, 0.3) is 0 Å². The first-order valence-corrected chi connectivity index (χ1v) is 6.22. The minimum atomic E-state index is -0.386. The van der Waals surface area contributed by atoms with Gasteiger partial charge in [-0.2, -0.15) is 0 Å². The van der Waals surface area contributed by atoms with Gasteiger partial charge < -0.3 is 19.9 Å². The summed E-state index contributed by atoms with van der Waals surface area (Å²) < 4.78 is 10.6. The third-order valence-corrected chi connectivity index (χ3v) is 3.19. The Morgan fingerprint density at radius 3 is 2.81 bits per heavy atom. The minimum absolute atomic E-state index is 0.272. The number of aliphatic hydroxyl groups is 1. The van der Waals surface area contributed by atoms with Gasteiger partial charge in [-0.05, 0) is 18.8 Å². The van der Waals surface area contributed by atoms with E-state index in [1.54, 1.807) is 0 Å². The predicted molar refractivity (Wildman–Crippen MR) is 61.3 cm³/mol. The second-order valence-electron chi connectivity index (χ2n) is 5.57. The molecule has 0 aromatic carbocycles. The molecule has 4 heteroatoms. The van der Waals surface area contributed by atoms with Crippen molar-refractivity contribution in [2.24, 2.45) is 11.3 Å².